The zero-order valence-corrected chi connectivity index (χ0v) is 16.1. The third kappa shape index (κ3) is 3.96. The molecule has 6 heteroatoms. The molecule has 4 nitrogen and oxygen atoms in total. The lowest BCUT2D eigenvalue weighted by atomic mass is 10.2. The topological polar surface area (TPSA) is 38.1 Å². The van der Waals surface area contributed by atoms with Crippen molar-refractivity contribution in [2.45, 2.75) is 46.2 Å². The van der Waals surface area contributed by atoms with E-state index in [2.05, 4.69) is 23.4 Å². The average molecular weight is 373 g/mol. The normalized spacial score (nSPS) is 11.2. The number of carbonyl (C=O) groups excluding carboxylic acids is 1. The molecule has 3 aromatic rings. The van der Waals surface area contributed by atoms with Gasteiger partial charge in [0.05, 0.1) is 23.1 Å². The number of hydrogen-bond acceptors (Lipinski definition) is 3. The van der Waals surface area contributed by atoms with Gasteiger partial charge in [-0.3, -0.25) is 4.79 Å². The molecular weight excluding hydrogens is 349 g/mol. The molecule has 0 fully saturated rings. The molecule has 0 aliphatic heterocycles. The van der Waals surface area contributed by atoms with Crippen LogP contribution in [0.15, 0.2) is 35.0 Å². The maximum Gasteiger partial charge on any atom is 0.255 e. The molecule has 0 aliphatic carbocycles. The lowest BCUT2D eigenvalue weighted by Crippen LogP contribution is -2.32. The largest absolute Gasteiger partial charge is 0.331 e. The Morgan fingerprint density at radius 2 is 2.12 bits per heavy atom. The third-order valence-electron chi connectivity index (χ3n) is 4.41. The fourth-order valence-electron chi connectivity index (χ4n) is 3.09. The van der Waals surface area contributed by atoms with Crippen LogP contribution >= 0.6 is 11.3 Å². The molecular formula is C20H24FN3OS. The molecule has 26 heavy (non-hydrogen) atoms. The van der Waals surface area contributed by atoms with E-state index in [-0.39, 0.29) is 11.7 Å². The number of fused-ring (bicyclic) bond motifs is 1. The van der Waals surface area contributed by atoms with E-state index in [9.17, 15) is 9.18 Å². The van der Waals surface area contributed by atoms with Gasteiger partial charge < -0.3 is 9.47 Å². The van der Waals surface area contributed by atoms with Gasteiger partial charge in [-0.25, -0.2) is 9.37 Å². The van der Waals surface area contributed by atoms with Gasteiger partial charge in [-0.05, 0) is 36.4 Å². The number of aromatic nitrogens is 2. The number of benzene rings is 1. The van der Waals surface area contributed by atoms with Crippen LogP contribution in [0.3, 0.4) is 0 Å². The van der Waals surface area contributed by atoms with E-state index in [0.717, 1.165) is 42.7 Å². The summed E-state index contributed by atoms with van der Waals surface area (Å²) in [6, 6.07) is 6.55. The van der Waals surface area contributed by atoms with E-state index in [1.807, 2.05) is 21.7 Å². The Morgan fingerprint density at radius 3 is 2.81 bits per heavy atom. The zero-order chi connectivity index (χ0) is 18.5. The van der Waals surface area contributed by atoms with Crippen molar-refractivity contribution in [3.8, 4) is 0 Å². The number of thiophene rings is 1. The molecule has 0 atom stereocenters. The quantitative estimate of drug-likeness (QED) is 0.552. The van der Waals surface area contributed by atoms with Gasteiger partial charge in [0.1, 0.15) is 11.6 Å². The summed E-state index contributed by atoms with van der Waals surface area (Å²) in [6.07, 6.45) is 2.91. The predicted molar refractivity (Wildman–Crippen MR) is 104 cm³/mol. The predicted octanol–water partition coefficient (Wildman–Crippen LogP) is 5.09. The van der Waals surface area contributed by atoms with Crippen LogP contribution in [0.5, 0.6) is 0 Å². The van der Waals surface area contributed by atoms with Gasteiger partial charge in [-0.15, -0.1) is 0 Å². The monoisotopic (exact) mass is 373 g/mol. The van der Waals surface area contributed by atoms with E-state index < -0.39 is 0 Å². The molecule has 138 valence electrons. The Morgan fingerprint density at radius 1 is 1.27 bits per heavy atom. The Kier molecular flexibility index (Phi) is 6.04. The first-order valence-corrected chi connectivity index (χ1v) is 10.0. The highest BCUT2D eigenvalue weighted by molar-refractivity contribution is 7.08. The van der Waals surface area contributed by atoms with Crippen LogP contribution in [0.1, 0.15) is 49.3 Å². The minimum atomic E-state index is -0.289. The lowest BCUT2D eigenvalue weighted by molar-refractivity contribution is 0.0735. The fourth-order valence-corrected chi connectivity index (χ4v) is 3.72. The summed E-state index contributed by atoms with van der Waals surface area (Å²) in [7, 11) is 0. The minimum Gasteiger partial charge on any atom is -0.331 e. The first-order chi connectivity index (χ1) is 12.6. The number of imidazole rings is 1. The Bertz CT molecular complexity index is 873. The molecule has 0 saturated heterocycles. The number of carbonyl (C=O) groups is 1. The maximum absolute atomic E-state index is 13.6. The van der Waals surface area contributed by atoms with Crippen LogP contribution in [0.2, 0.25) is 0 Å². The van der Waals surface area contributed by atoms with Gasteiger partial charge in [0, 0.05) is 24.5 Å². The highest BCUT2D eigenvalue weighted by atomic mass is 32.1. The first kappa shape index (κ1) is 18.6. The van der Waals surface area contributed by atoms with Crippen LogP contribution in [0.25, 0.3) is 11.0 Å². The number of aryl methyl sites for hydroxylation is 1. The summed E-state index contributed by atoms with van der Waals surface area (Å²) in [4.78, 5) is 19.4. The number of unbranched alkanes of at least 4 members (excludes halogenated alkanes) is 1. The van der Waals surface area contributed by atoms with E-state index in [1.54, 1.807) is 6.07 Å². The second kappa shape index (κ2) is 8.45. The summed E-state index contributed by atoms with van der Waals surface area (Å²) in [6.45, 7) is 6.14. The minimum absolute atomic E-state index is 0.0287. The highest BCUT2D eigenvalue weighted by Crippen LogP contribution is 2.21. The molecule has 0 aliphatic rings. The van der Waals surface area contributed by atoms with Gasteiger partial charge >= 0.3 is 0 Å². The number of rotatable bonds is 8. The van der Waals surface area contributed by atoms with Crippen molar-refractivity contribution in [3.63, 3.8) is 0 Å². The Balaban J connectivity index is 1.94. The van der Waals surface area contributed by atoms with Crippen molar-refractivity contribution in [2.75, 3.05) is 6.54 Å². The van der Waals surface area contributed by atoms with Gasteiger partial charge in [-0.1, -0.05) is 20.3 Å². The number of hydrogen-bond donors (Lipinski definition) is 0. The summed E-state index contributed by atoms with van der Waals surface area (Å²) < 4.78 is 15.7. The lowest BCUT2D eigenvalue weighted by Gasteiger charge is -2.22. The molecule has 2 heterocycles. The number of nitrogens with zero attached hydrogens (tertiary/aromatic N) is 3. The van der Waals surface area contributed by atoms with E-state index in [4.69, 9.17) is 0 Å². The average Bonchev–Trinajstić information content (AvgIpc) is 3.27. The standard InChI is InChI=1S/C20H24FN3OS/c1-3-5-10-23(20(25)15-8-11-26-14-15)13-19-22-17-12-16(21)6-7-18(17)24(19)9-4-2/h6-8,11-12,14H,3-5,9-10,13H2,1-2H3. The van der Waals surface area contributed by atoms with Crippen LogP contribution < -0.4 is 0 Å². The molecule has 0 N–H and O–H groups in total. The summed E-state index contributed by atoms with van der Waals surface area (Å²) in [5, 5.41) is 3.80. The molecule has 0 saturated carbocycles. The summed E-state index contributed by atoms with van der Waals surface area (Å²) in [5.74, 6) is 0.551. The van der Waals surface area contributed by atoms with Crippen molar-refractivity contribution < 1.29 is 9.18 Å². The van der Waals surface area contributed by atoms with Gasteiger partial charge in [-0.2, -0.15) is 11.3 Å². The number of halogens is 1. The number of amides is 1. The van der Waals surface area contributed by atoms with Crippen molar-refractivity contribution in [1.29, 1.82) is 0 Å². The van der Waals surface area contributed by atoms with Crippen molar-refractivity contribution >= 4 is 28.3 Å². The SMILES string of the molecule is CCCCN(Cc1nc2cc(F)ccc2n1CCC)C(=O)c1ccsc1. The molecule has 1 amide bonds. The Labute approximate surface area is 157 Å². The zero-order valence-electron chi connectivity index (χ0n) is 15.2. The van der Waals surface area contributed by atoms with Gasteiger partial charge in [0.25, 0.3) is 5.91 Å². The molecule has 0 unspecified atom stereocenters. The second-order valence-corrected chi connectivity index (χ2v) is 7.19. The van der Waals surface area contributed by atoms with Crippen molar-refractivity contribution in [3.05, 3.63) is 52.2 Å². The van der Waals surface area contributed by atoms with Crippen LogP contribution in [0, 0.1) is 5.82 Å². The van der Waals surface area contributed by atoms with Crippen LogP contribution in [0.4, 0.5) is 4.39 Å². The molecule has 1 aromatic carbocycles. The molecule has 2 aromatic heterocycles. The van der Waals surface area contributed by atoms with Crippen LogP contribution in [-0.2, 0) is 13.1 Å². The molecule has 3 rings (SSSR count). The smallest absolute Gasteiger partial charge is 0.255 e. The maximum atomic E-state index is 13.6. The third-order valence-corrected chi connectivity index (χ3v) is 5.09. The fraction of sp³-hybridized carbons (Fsp3) is 0.400. The van der Waals surface area contributed by atoms with E-state index in [0.29, 0.717) is 18.6 Å². The molecule has 0 spiro atoms. The second-order valence-electron chi connectivity index (χ2n) is 6.40. The van der Waals surface area contributed by atoms with Crippen molar-refractivity contribution in [1.82, 2.24) is 14.5 Å². The molecule has 0 bridgehead atoms. The molecule has 0 radical (unpaired) electrons. The van der Waals surface area contributed by atoms with Crippen LogP contribution in [-0.4, -0.2) is 26.9 Å². The van der Waals surface area contributed by atoms with E-state index in [1.165, 1.54) is 23.5 Å². The van der Waals surface area contributed by atoms with E-state index >= 15 is 0 Å². The first-order valence-electron chi connectivity index (χ1n) is 9.10. The van der Waals surface area contributed by atoms with Gasteiger partial charge in [0.15, 0.2) is 0 Å². The summed E-state index contributed by atoms with van der Waals surface area (Å²) in [5.41, 5.74) is 2.28. The Hall–Kier alpha value is -2.21. The van der Waals surface area contributed by atoms with Gasteiger partial charge in [0.2, 0.25) is 0 Å². The highest BCUT2D eigenvalue weighted by Gasteiger charge is 2.20. The summed E-state index contributed by atoms with van der Waals surface area (Å²) >= 11 is 1.52. The van der Waals surface area contributed by atoms with Crippen molar-refractivity contribution in [2.24, 2.45) is 0 Å².